The Morgan fingerprint density at radius 1 is 1.19 bits per heavy atom. The fourth-order valence-corrected chi connectivity index (χ4v) is 4.48. The Morgan fingerprint density at radius 2 is 1.90 bits per heavy atom. The maximum atomic E-state index is 12.4. The lowest BCUT2D eigenvalue weighted by atomic mass is 10.1. The van der Waals surface area contributed by atoms with E-state index in [9.17, 15) is 9.59 Å². The monoisotopic (exact) mass is 440 g/mol. The number of ether oxygens (including phenoxy) is 2. The SMILES string of the molecule is CCOC(=O)c1ccc(-c2ccc(C=C3SC(N4CC(C)OC(C)C4)=NC3=O)o2)cc1. The van der Waals surface area contributed by atoms with Gasteiger partial charge in [0.15, 0.2) is 5.17 Å². The summed E-state index contributed by atoms with van der Waals surface area (Å²) < 4.78 is 16.7. The largest absolute Gasteiger partial charge is 0.462 e. The molecule has 1 aromatic heterocycles. The van der Waals surface area contributed by atoms with Crippen molar-refractivity contribution in [1.29, 1.82) is 0 Å². The van der Waals surface area contributed by atoms with Crippen LogP contribution in [-0.2, 0) is 14.3 Å². The molecule has 162 valence electrons. The lowest BCUT2D eigenvalue weighted by Gasteiger charge is -2.35. The van der Waals surface area contributed by atoms with E-state index in [0.29, 0.717) is 46.9 Å². The van der Waals surface area contributed by atoms with Crippen LogP contribution in [0.4, 0.5) is 0 Å². The first-order chi connectivity index (χ1) is 14.9. The van der Waals surface area contributed by atoms with Gasteiger partial charge in [-0.05, 0) is 56.8 Å². The maximum Gasteiger partial charge on any atom is 0.338 e. The van der Waals surface area contributed by atoms with E-state index in [-0.39, 0.29) is 24.1 Å². The highest BCUT2D eigenvalue weighted by Gasteiger charge is 2.31. The number of hydrogen-bond donors (Lipinski definition) is 0. The number of furan rings is 1. The van der Waals surface area contributed by atoms with Gasteiger partial charge in [-0.2, -0.15) is 4.99 Å². The molecule has 0 N–H and O–H groups in total. The van der Waals surface area contributed by atoms with E-state index in [1.807, 2.05) is 26.0 Å². The number of aliphatic imine (C=N–C) groups is 1. The fraction of sp³-hybridized carbons (Fsp3) is 0.348. The van der Waals surface area contributed by atoms with Crippen LogP contribution in [-0.4, -0.2) is 53.8 Å². The van der Waals surface area contributed by atoms with Crippen molar-refractivity contribution in [2.45, 2.75) is 33.0 Å². The number of rotatable bonds is 4. The number of nitrogens with zero attached hydrogens (tertiary/aromatic N) is 2. The molecule has 0 radical (unpaired) electrons. The maximum absolute atomic E-state index is 12.4. The summed E-state index contributed by atoms with van der Waals surface area (Å²) in [7, 11) is 0. The summed E-state index contributed by atoms with van der Waals surface area (Å²) in [6.45, 7) is 7.57. The van der Waals surface area contributed by atoms with Crippen molar-refractivity contribution >= 4 is 34.9 Å². The normalized spacial score (nSPS) is 22.7. The third-order valence-corrected chi connectivity index (χ3v) is 5.92. The summed E-state index contributed by atoms with van der Waals surface area (Å²) in [4.78, 5) is 31.0. The van der Waals surface area contributed by atoms with E-state index in [2.05, 4.69) is 9.89 Å². The van der Waals surface area contributed by atoms with Crippen molar-refractivity contribution < 1.29 is 23.5 Å². The van der Waals surface area contributed by atoms with E-state index in [1.165, 1.54) is 11.8 Å². The van der Waals surface area contributed by atoms with Gasteiger partial charge >= 0.3 is 5.97 Å². The minimum absolute atomic E-state index is 0.0954. The zero-order valence-electron chi connectivity index (χ0n) is 17.7. The van der Waals surface area contributed by atoms with Gasteiger partial charge in [-0.1, -0.05) is 12.1 Å². The molecule has 1 saturated heterocycles. The molecule has 0 bridgehead atoms. The second kappa shape index (κ2) is 9.11. The third kappa shape index (κ3) is 4.91. The van der Waals surface area contributed by atoms with Gasteiger partial charge in [0.05, 0.1) is 29.3 Å². The molecule has 8 heteroatoms. The Labute approximate surface area is 185 Å². The van der Waals surface area contributed by atoms with Crippen LogP contribution in [0.2, 0.25) is 0 Å². The quantitative estimate of drug-likeness (QED) is 0.520. The van der Waals surface area contributed by atoms with Crippen LogP contribution in [0.15, 0.2) is 50.7 Å². The standard InChI is InChI=1S/C23H24N2O5S/c1-4-28-22(27)17-7-5-16(6-8-17)19-10-9-18(30-19)11-20-21(26)24-23(31-20)25-12-14(2)29-15(3)13-25/h5-11,14-15H,4,12-13H2,1-3H3. The average molecular weight is 441 g/mol. The molecule has 31 heavy (non-hydrogen) atoms. The van der Waals surface area contributed by atoms with Crippen LogP contribution in [0.3, 0.4) is 0 Å². The minimum Gasteiger partial charge on any atom is -0.462 e. The average Bonchev–Trinajstić information content (AvgIpc) is 3.35. The van der Waals surface area contributed by atoms with Crippen LogP contribution in [0.25, 0.3) is 17.4 Å². The number of amides is 1. The van der Waals surface area contributed by atoms with Gasteiger partial charge in [-0.25, -0.2) is 4.79 Å². The molecule has 1 amide bonds. The molecule has 2 aliphatic rings. The topological polar surface area (TPSA) is 81.3 Å². The van der Waals surface area contributed by atoms with Gasteiger partial charge in [0.25, 0.3) is 5.91 Å². The van der Waals surface area contributed by atoms with E-state index in [1.54, 1.807) is 37.3 Å². The number of carbonyl (C=O) groups excluding carboxylic acids is 2. The van der Waals surface area contributed by atoms with Gasteiger partial charge in [-0.3, -0.25) is 4.79 Å². The highest BCUT2D eigenvalue weighted by atomic mass is 32.2. The second-order valence-electron chi connectivity index (χ2n) is 7.47. The fourth-order valence-electron chi connectivity index (χ4n) is 3.57. The zero-order valence-corrected chi connectivity index (χ0v) is 18.5. The van der Waals surface area contributed by atoms with Gasteiger partial charge in [0.1, 0.15) is 11.5 Å². The zero-order chi connectivity index (χ0) is 22.0. The van der Waals surface area contributed by atoms with E-state index in [4.69, 9.17) is 13.9 Å². The Morgan fingerprint density at radius 3 is 2.58 bits per heavy atom. The highest BCUT2D eigenvalue weighted by molar-refractivity contribution is 8.18. The molecule has 2 atom stereocenters. The Bertz CT molecular complexity index is 1030. The first-order valence-electron chi connectivity index (χ1n) is 10.2. The van der Waals surface area contributed by atoms with E-state index in [0.717, 1.165) is 5.56 Å². The Kier molecular flexibility index (Phi) is 6.29. The summed E-state index contributed by atoms with van der Waals surface area (Å²) in [5.41, 5.74) is 1.32. The van der Waals surface area contributed by atoms with Crippen LogP contribution in [0, 0.1) is 0 Å². The number of thioether (sulfide) groups is 1. The lowest BCUT2D eigenvalue weighted by Crippen LogP contribution is -2.47. The smallest absolute Gasteiger partial charge is 0.338 e. The van der Waals surface area contributed by atoms with Crippen LogP contribution in [0.1, 0.15) is 36.9 Å². The van der Waals surface area contributed by atoms with Crippen molar-refractivity contribution in [3.63, 3.8) is 0 Å². The van der Waals surface area contributed by atoms with Crippen molar-refractivity contribution in [3.05, 3.63) is 52.6 Å². The molecule has 0 aliphatic carbocycles. The van der Waals surface area contributed by atoms with Gasteiger partial charge in [0, 0.05) is 24.7 Å². The molecular formula is C23H24N2O5S. The summed E-state index contributed by atoms with van der Waals surface area (Å²) in [6, 6.07) is 10.7. The lowest BCUT2D eigenvalue weighted by molar-refractivity contribution is -0.113. The predicted octanol–water partition coefficient (Wildman–Crippen LogP) is 4.20. The van der Waals surface area contributed by atoms with E-state index >= 15 is 0 Å². The summed E-state index contributed by atoms with van der Waals surface area (Å²) >= 11 is 1.36. The molecule has 0 saturated carbocycles. The molecular weight excluding hydrogens is 416 g/mol. The predicted molar refractivity (Wildman–Crippen MR) is 120 cm³/mol. The highest BCUT2D eigenvalue weighted by Crippen LogP contribution is 2.32. The third-order valence-electron chi connectivity index (χ3n) is 4.88. The second-order valence-corrected chi connectivity index (χ2v) is 8.48. The molecule has 2 aliphatic heterocycles. The molecule has 7 nitrogen and oxygen atoms in total. The van der Waals surface area contributed by atoms with Gasteiger partial charge in [-0.15, -0.1) is 0 Å². The number of esters is 1. The molecule has 4 rings (SSSR count). The summed E-state index contributed by atoms with van der Waals surface area (Å²) in [6.07, 6.45) is 1.91. The number of amidine groups is 1. The number of morpholine rings is 1. The minimum atomic E-state index is -0.351. The Balaban J connectivity index is 1.45. The van der Waals surface area contributed by atoms with Crippen LogP contribution in [0.5, 0.6) is 0 Å². The van der Waals surface area contributed by atoms with E-state index < -0.39 is 0 Å². The molecule has 1 aromatic carbocycles. The van der Waals surface area contributed by atoms with Crippen molar-refractivity contribution in [1.82, 2.24) is 4.90 Å². The number of carbonyl (C=O) groups is 2. The van der Waals surface area contributed by atoms with Crippen molar-refractivity contribution in [3.8, 4) is 11.3 Å². The first kappa shape index (κ1) is 21.4. The van der Waals surface area contributed by atoms with Crippen molar-refractivity contribution in [2.75, 3.05) is 19.7 Å². The van der Waals surface area contributed by atoms with Crippen LogP contribution < -0.4 is 0 Å². The molecule has 3 heterocycles. The number of benzene rings is 1. The molecule has 2 unspecified atom stereocenters. The van der Waals surface area contributed by atoms with Gasteiger partial charge in [0.2, 0.25) is 0 Å². The van der Waals surface area contributed by atoms with Gasteiger partial charge < -0.3 is 18.8 Å². The number of hydrogen-bond acceptors (Lipinski definition) is 7. The molecule has 0 spiro atoms. The summed E-state index contributed by atoms with van der Waals surface area (Å²) in [5.74, 6) is 0.606. The van der Waals surface area contributed by atoms with Crippen LogP contribution >= 0.6 is 11.8 Å². The molecule has 1 fully saturated rings. The van der Waals surface area contributed by atoms with Crippen molar-refractivity contribution in [2.24, 2.45) is 4.99 Å². The first-order valence-corrected chi connectivity index (χ1v) is 11.0. The Hall–Kier alpha value is -2.84. The summed E-state index contributed by atoms with van der Waals surface area (Å²) in [5, 5.41) is 0.708. The molecule has 2 aromatic rings.